The zero-order valence-corrected chi connectivity index (χ0v) is 17.4. The van der Waals surface area contributed by atoms with E-state index in [0.29, 0.717) is 0 Å². The Morgan fingerprint density at radius 3 is 1.43 bits per heavy atom. The molecule has 0 aliphatic carbocycles. The van der Waals surface area contributed by atoms with E-state index in [2.05, 4.69) is 116 Å². The third kappa shape index (κ3) is 6.48. The Labute approximate surface area is 171 Å². The molecule has 0 nitrogen and oxygen atoms in total. The predicted molar refractivity (Wildman–Crippen MR) is 125 cm³/mol. The van der Waals surface area contributed by atoms with Crippen molar-refractivity contribution in [3.05, 3.63) is 132 Å². The Morgan fingerprint density at radius 2 is 0.929 bits per heavy atom. The van der Waals surface area contributed by atoms with Crippen LogP contribution in [0.2, 0.25) is 0 Å². The van der Waals surface area contributed by atoms with Crippen LogP contribution in [0.4, 0.5) is 0 Å². The van der Waals surface area contributed by atoms with E-state index in [9.17, 15) is 0 Å². The first-order valence-corrected chi connectivity index (χ1v) is 11.1. The predicted octanol–water partition coefficient (Wildman–Crippen LogP) is 7.73. The minimum atomic E-state index is 0.987. The summed E-state index contributed by atoms with van der Waals surface area (Å²) in [4.78, 5) is 0. The van der Waals surface area contributed by atoms with E-state index in [1.165, 1.54) is 40.1 Å². The lowest BCUT2D eigenvalue weighted by Crippen LogP contribution is -1.80. The average Bonchev–Trinajstić information content (AvgIpc) is 2.77. The Hall–Kier alpha value is -2.69. The molecule has 4 aromatic rings. The highest BCUT2D eigenvalue weighted by Crippen LogP contribution is 2.23. The lowest BCUT2D eigenvalue weighted by atomic mass is 10.0. The zero-order valence-electron chi connectivity index (χ0n) is 16.4. The molecule has 0 unspecified atom stereocenters. The number of hydrogen-bond donors (Lipinski definition) is 0. The molecule has 0 atom stereocenters. The summed E-state index contributed by atoms with van der Waals surface area (Å²) in [6.45, 7) is 2.14. The molecule has 0 fully saturated rings. The fourth-order valence-corrected chi connectivity index (χ4v) is 4.23. The van der Waals surface area contributed by atoms with Crippen LogP contribution in [0, 0.1) is 6.92 Å². The Balaban J connectivity index is 0.000000162. The first-order chi connectivity index (χ1) is 13.8. The zero-order chi connectivity index (χ0) is 19.4. The van der Waals surface area contributed by atoms with Crippen molar-refractivity contribution in [2.45, 2.75) is 19.2 Å². The third-order valence-electron chi connectivity index (χ3n) is 4.57. The topological polar surface area (TPSA) is 0 Å². The highest BCUT2D eigenvalue weighted by Gasteiger charge is 1.98. The molecule has 1 heteroatoms. The summed E-state index contributed by atoms with van der Waals surface area (Å²) >= 11 is 0. The monoisotopic (exact) mass is 382 g/mol. The molecular formula is C27H27P. The van der Waals surface area contributed by atoms with Crippen molar-refractivity contribution in [3.63, 3.8) is 0 Å². The fraction of sp³-hybridized carbons (Fsp3) is 0.111. The largest absolute Gasteiger partial charge is 0.113 e. The maximum atomic E-state index is 2.21. The van der Waals surface area contributed by atoms with Gasteiger partial charge in [-0.05, 0) is 47.1 Å². The first-order valence-electron chi connectivity index (χ1n) is 9.72. The number of rotatable bonds is 5. The molecule has 140 valence electrons. The normalized spacial score (nSPS) is 10.0. The molecule has 0 aliphatic heterocycles. The van der Waals surface area contributed by atoms with Crippen molar-refractivity contribution >= 4 is 8.58 Å². The van der Waals surface area contributed by atoms with E-state index in [4.69, 9.17) is 0 Å². The molecule has 4 rings (SSSR count). The van der Waals surface area contributed by atoms with Crippen LogP contribution in [-0.2, 0) is 12.3 Å². The van der Waals surface area contributed by atoms with E-state index >= 15 is 0 Å². The summed E-state index contributed by atoms with van der Waals surface area (Å²) in [6.07, 6.45) is 2.41. The quantitative estimate of drug-likeness (QED) is 0.310. The van der Waals surface area contributed by atoms with Crippen LogP contribution in [-0.4, -0.2) is 0 Å². The van der Waals surface area contributed by atoms with Crippen LogP contribution >= 0.6 is 8.58 Å². The standard InChI is InChI=1S/C14H15P.C13H12/c1-3-7-13(8-4-1)11-15-12-14-9-5-2-6-10-14;1-11-7-5-6-10-13(11)12-8-3-2-4-9-12/h1-10,15H,11-12H2;2-10H,1H3. The van der Waals surface area contributed by atoms with Crippen LogP contribution in [0.5, 0.6) is 0 Å². The number of aryl methyl sites for hydroxylation is 1. The molecule has 4 aromatic carbocycles. The highest BCUT2D eigenvalue weighted by molar-refractivity contribution is 7.36. The van der Waals surface area contributed by atoms with Crippen molar-refractivity contribution in [2.24, 2.45) is 0 Å². The Kier molecular flexibility index (Phi) is 8.04. The minimum absolute atomic E-state index is 0.987. The highest BCUT2D eigenvalue weighted by atomic mass is 31.1. The Morgan fingerprint density at radius 1 is 0.500 bits per heavy atom. The summed E-state index contributed by atoms with van der Waals surface area (Å²) < 4.78 is 0. The van der Waals surface area contributed by atoms with Crippen LogP contribution in [0.25, 0.3) is 11.1 Å². The van der Waals surface area contributed by atoms with Crippen LogP contribution in [0.1, 0.15) is 16.7 Å². The van der Waals surface area contributed by atoms with E-state index in [0.717, 1.165) is 8.58 Å². The first kappa shape index (κ1) is 20.1. The maximum Gasteiger partial charge on any atom is -0.00976 e. The smallest absolute Gasteiger partial charge is 0.00976 e. The molecule has 0 radical (unpaired) electrons. The molecule has 0 bridgehead atoms. The molecule has 28 heavy (non-hydrogen) atoms. The second-order valence-electron chi connectivity index (χ2n) is 6.76. The van der Waals surface area contributed by atoms with Gasteiger partial charge in [0.1, 0.15) is 0 Å². The van der Waals surface area contributed by atoms with Gasteiger partial charge in [-0.15, -0.1) is 8.58 Å². The van der Waals surface area contributed by atoms with Crippen LogP contribution in [0.15, 0.2) is 115 Å². The molecule has 0 heterocycles. The molecule has 0 aromatic heterocycles. The fourth-order valence-electron chi connectivity index (χ4n) is 3.06. The van der Waals surface area contributed by atoms with Gasteiger partial charge in [-0.3, -0.25) is 0 Å². The van der Waals surface area contributed by atoms with Crippen LogP contribution in [0.3, 0.4) is 0 Å². The van der Waals surface area contributed by atoms with Gasteiger partial charge in [-0.1, -0.05) is 115 Å². The molecular weight excluding hydrogens is 355 g/mol. The number of hydrogen-bond acceptors (Lipinski definition) is 0. The van der Waals surface area contributed by atoms with Crippen molar-refractivity contribution in [1.29, 1.82) is 0 Å². The molecule has 0 saturated carbocycles. The van der Waals surface area contributed by atoms with Crippen molar-refractivity contribution in [3.8, 4) is 11.1 Å². The SMILES string of the molecule is Cc1ccccc1-c1ccccc1.c1ccc(CPCc2ccccc2)cc1. The van der Waals surface area contributed by atoms with Gasteiger partial charge in [-0.25, -0.2) is 0 Å². The Bertz CT molecular complexity index is 892. The van der Waals surface area contributed by atoms with Gasteiger partial charge in [0.15, 0.2) is 0 Å². The van der Waals surface area contributed by atoms with Crippen LogP contribution < -0.4 is 0 Å². The van der Waals surface area contributed by atoms with E-state index in [1.54, 1.807) is 0 Å². The van der Waals surface area contributed by atoms with Gasteiger partial charge in [0.05, 0.1) is 0 Å². The maximum absolute atomic E-state index is 2.21. The van der Waals surface area contributed by atoms with Gasteiger partial charge >= 0.3 is 0 Å². The molecule has 0 amide bonds. The molecule has 0 aliphatic rings. The summed E-state index contributed by atoms with van der Waals surface area (Å²) in [5, 5.41) is 0. The van der Waals surface area contributed by atoms with E-state index < -0.39 is 0 Å². The van der Waals surface area contributed by atoms with Crippen molar-refractivity contribution < 1.29 is 0 Å². The summed E-state index contributed by atoms with van der Waals surface area (Å²) in [7, 11) is 0.987. The lowest BCUT2D eigenvalue weighted by Gasteiger charge is -2.04. The molecule has 0 saturated heterocycles. The third-order valence-corrected chi connectivity index (χ3v) is 5.89. The summed E-state index contributed by atoms with van der Waals surface area (Å²) in [5.74, 6) is 0. The van der Waals surface area contributed by atoms with Gasteiger partial charge < -0.3 is 0 Å². The molecule has 0 spiro atoms. The lowest BCUT2D eigenvalue weighted by molar-refractivity contribution is 1.35. The average molecular weight is 382 g/mol. The van der Waals surface area contributed by atoms with E-state index in [-0.39, 0.29) is 0 Å². The molecule has 0 N–H and O–H groups in total. The van der Waals surface area contributed by atoms with Gasteiger partial charge in [0.25, 0.3) is 0 Å². The van der Waals surface area contributed by atoms with Crippen molar-refractivity contribution in [2.75, 3.05) is 0 Å². The summed E-state index contributed by atoms with van der Waals surface area (Å²) in [5.41, 5.74) is 6.84. The second-order valence-corrected chi connectivity index (χ2v) is 7.96. The van der Waals surface area contributed by atoms with Gasteiger partial charge in [0, 0.05) is 0 Å². The van der Waals surface area contributed by atoms with Gasteiger partial charge in [-0.2, -0.15) is 0 Å². The minimum Gasteiger partial charge on any atom is -0.113 e. The number of benzene rings is 4. The van der Waals surface area contributed by atoms with E-state index in [1.807, 2.05) is 6.07 Å². The van der Waals surface area contributed by atoms with Crippen molar-refractivity contribution in [1.82, 2.24) is 0 Å². The van der Waals surface area contributed by atoms with Gasteiger partial charge in [0.2, 0.25) is 0 Å². The second kappa shape index (κ2) is 11.2. The summed E-state index contributed by atoms with van der Waals surface area (Å²) in [6, 6.07) is 40.3.